The van der Waals surface area contributed by atoms with Gasteiger partial charge in [-0.3, -0.25) is 14.9 Å². The normalized spacial score (nSPS) is 25.5. The molecule has 2 aliphatic heterocycles. The number of imide groups is 1. The maximum absolute atomic E-state index is 12.1. The smallest absolute Gasteiger partial charge is 0.235 e. The zero-order valence-electron chi connectivity index (χ0n) is 12.6. The summed E-state index contributed by atoms with van der Waals surface area (Å²) in [7, 11) is 0. The molecular formula is C17H17N3O3. The number of hydrogen-bond donors (Lipinski definition) is 2. The predicted octanol–water partition coefficient (Wildman–Crippen LogP) is 1.04. The summed E-state index contributed by atoms with van der Waals surface area (Å²) < 4.78 is 5.65. The lowest BCUT2D eigenvalue weighted by molar-refractivity contribution is -0.134. The number of hydrogen-bond acceptors (Lipinski definition) is 5. The van der Waals surface area contributed by atoms with Crippen LogP contribution in [-0.2, 0) is 22.4 Å². The molecule has 2 aromatic rings. The molecule has 1 aliphatic carbocycles. The summed E-state index contributed by atoms with van der Waals surface area (Å²) in [6.07, 6.45) is 2.94. The first-order valence-electron chi connectivity index (χ1n) is 8.10. The Bertz CT molecular complexity index is 850. The third kappa shape index (κ3) is 1.81. The molecule has 1 aromatic carbocycles. The second-order valence-corrected chi connectivity index (χ2v) is 7.11. The summed E-state index contributed by atoms with van der Waals surface area (Å²) in [5.74, 6) is -0.872. The molecule has 3 aliphatic rings. The van der Waals surface area contributed by atoms with Gasteiger partial charge in [-0.15, -0.1) is 0 Å². The lowest BCUT2D eigenvalue weighted by Crippen LogP contribution is -2.53. The van der Waals surface area contributed by atoms with E-state index in [4.69, 9.17) is 4.52 Å². The number of piperidine rings is 1. The van der Waals surface area contributed by atoms with Gasteiger partial charge in [0.1, 0.15) is 5.69 Å². The Balaban J connectivity index is 1.57. The fourth-order valence-corrected chi connectivity index (χ4v) is 4.25. The Morgan fingerprint density at radius 1 is 1.22 bits per heavy atom. The van der Waals surface area contributed by atoms with E-state index in [9.17, 15) is 9.59 Å². The molecule has 0 radical (unpaired) electrons. The Morgan fingerprint density at radius 3 is 2.83 bits per heavy atom. The SMILES string of the molecule is O=C1CCC(c2noc3c4c(ccc23)CC2(CNC2)C4)C(=O)N1. The summed E-state index contributed by atoms with van der Waals surface area (Å²) in [5, 5.41) is 10.9. The number of benzene rings is 1. The van der Waals surface area contributed by atoms with Crippen LogP contribution in [0.25, 0.3) is 11.0 Å². The lowest BCUT2D eigenvalue weighted by Gasteiger charge is -2.39. The van der Waals surface area contributed by atoms with E-state index in [2.05, 4.69) is 21.9 Å². The van der Waals surface area contributed by atoms with Crippen molar-refractivity contribution < 1.29 is 14.1 Å². The van der Waals surface area contributed by atoms with E-state index < -0.39 is 5.92 Å². The lowest BCUT2D eigenvalue weighted by atomic mass is 9.79. The van der Waals surface area contributed by atoms with E-state index in [1.54, 1.807) is 0 Å². The molecular weight excluding hydrogens is 294 g/mol. The molecule has 1 aromatic heterocycles. The fraction of sp³-hybridized carbons (Fsp3) is 0.471. The molecule has 1 spiro atoms. The van der Waals surface area contributed by atoms with Crippen LogP contribution in [0.4, 0.5) is 0 Å². The van der Waals surface area contributed by atoms with E-state index in [-0.39, 0.29) is 11.8 Å². The van der Waals surface area contributed by atoms with Gasteiger partial charge in [-0.25, -0.2) is 0 Å². The molecule has 0 bridgehead atoms. The highest BCUT2D eigenvalue weighted by Crippen LogP contribution is 2.44. The van der Waals surface area contributed by atoms with Gasteiger partial charge in [0.15, 0.2) is 5.58 Å². The maximum Gasteiger partial charge on any atom is 0.235 e. The van der Waals surface area contributed by atoms with Gasteiger partial charge in [-0.1, -0.05) is 11.2 Å². The molecule has 1 atom stereocenters. The molecule has 2 N–H and O–H groups in total. The standard InChI is InChI=1S/C17H17N3O3/c21-13-4-3-11(16(22)19-13)14-10-2-1-9-5-17(7-18-8-17)6-12(9)15(10)23-20-14/h1-2,11,18H,3-8H2,(H,19,21,22). The van der Waals surface area contributed by atoms with Gasteiger partial charge < -0.3 is 9.84 Å². The molecule has 3 heterocycles. The van der Waals surface area contributed by atoms with Crippen molar-refractivity contribution in [3.8, 4) is 0 Å². The van der Waals surface area contributed by atoms with Gasteiger partial charge in [-0.05, 0) is 30.9 Å². The first-order chi connectivity index (χ1) is 11.2. The molecule has 1 unspecified atom stereocenters. The zero-order chi connectivity index (χ0) is 15.6. The molecule has 2 amide bonds. The minimum atomic E-state index is -0.396. The minimum absolute atomic E-state index is 0.209. The monoisotopic (exact) mass is 311 g/mol. The van der Waals surface area contributed by atoms with Gasteiger partial charge in [0.25, 0.3) is 0 Å². The number of amides is 2. The molecule has 2 saturated heterocycles. The van der Waals surface area contributed by atoms with Crippen molar-refractivity contribution in [1.82, 2.24) is 15.8 Å². The number of rotatable bonds is 1. The first kappa shape index (κ1) is 13.2. The number of fused-ring (bicyclic) bond motifs is 3. The Kier molecular flexibility index (Phi) is 2.54. The molecule has 2 fully saturated rings. The van der Waals surface area contributed by atoms with Crippen molar-refractivity contribution in [1.29, 1.82) is 0 Å². The number of carbonyl (C=O) groups excluding carboxylic acids is 2. The van der Waals surface area contributed by atoms with Gasteiger partial charge >= 0.3 is 0 Å². The summed E-state index contributed by atoms with van der Waals surface area (Å²) in [6.45, 7) is 2.11. The molecule has 6 heteroatoms. The maximum atomic E-state index is 12.1. The molecule has 5 rings (SSSR count). The number of nitrogens with one attached hydrogen (secondary N) is 2. The van der Waals surface area contributed by atoms with Crippen molar-refractivity contribution in [3.05, 3.63) is 29.0 Å². The van der Waals surface area contributed by atoms with Crippen molar-refractivity contribution in [2.45, 2.75) is 31.6 Å². The highest BCUT2D eigenvalue weighted by molar-refractivity contribution is 6.02. The third-order valence-electron chi connectivity index (χ3n) is 5.56. The van der Waals surface area contributed by atoms with Crippen LogP contribution in [-0.4, -0.2) is 30.1 Å². The summed E-state index contributed by atoms with van der Waals surface area (Å²) in [4.78, 5) is 23.5. The topological polar surface area (TPSA) is 84.2 Å². The van der Waals surface area contributed by atoms with Gasteiger partial charge in [0.05, 0.1) is 5.92 Å². The predicted molar refractivity (Wildman–Crippen MR) is 81.8 cm³/mol. The first-order valence-corrected chi connectivity index (χ1v) is 8.10. The summed E-state index contributed by atoms with van der Waals surface area (Å²) >= 11 is 0. The average molecular weight is 311 g/mol. The Morgan fingerprint density at radius 2 is 2.09 bits per heavy atom. The van der Waals surface area contributed by atoms with Crippen LogP contribution in [0.1, 0.15) is 35.6 Å². The summed E-state index contributed by atoms with van der Waals surface area (Å²) in [5.41, 5.74) is 4.42. The number of aromatic nitrogens is 1. The van der Waals surface area contributed by atoms with Crippen molar-refractivity contribution in [2.24, 2.45) is 5.41 Å². The Hall–Kier alpha value is -2.21. The highest BCUT2D eigenvalue weighted by Gasteiger charge is 2.44. The molecule has 118 valence electrons. The largest absolute Gasteiger partial charge is 0.356 e. The van der Waals surface area contributed by atoms with E-state index in [1.807, 2.05) is 6.07 Å². The van der Waals surface area contributed by atoms with E-state index in [0.29, 0.717) is 24.0 Å². The van der Waals surface area contributed by atoms with E-state index in [1.165, 1.54) is 11.1 Å². The van der Waals surface area contributed by atoms with Crippen LogP contribution in [0.2, 0.25) is 0 Å². The van der Waals surface area contributed by atoms with Crippen LogP contribution in [0.3, 0.4) is 0 Å². The molecule has 6 nitrogen and oxygen atoms in total. The van der Waals surface area contributed by atoms with Gasteiger partial charge in [-0.2, -0.15) is 0 Å². The van der Waals surface area contributed by atoms with Gasteiger partial charge in [0.2, 0.25) is 11.8 Å². The van der Waals surface area contributed by atoms with Crippen LogP contribution in [0.15, 0.2) is 16.7 Å². The second kappa shape index (κ2) is 4.41. The third-order valence-corrected chi connectivity index (χ3v) is 5.56. The number of nitrogens with zero attached hydrogens (tertiary/aromatic N) is 1. The van der Waals surface area contributed by atoms with Gasteiger partial charge in [0, 0.05) is 35.9 Å². The number of carbonyl (C=O) groups is 2. The van der Waals surface area contributed by atoms with Crippen molar-refractivity contribution in [2.75, 3.05) is 13.1 Å². The Labute approximate surface area is 132 Å². The minimum Gasteiger partial charge on any atom is -0.356 e. The van der Waals surface area contributed by atoms with Crippen LogP contribution in [0, 0.1) is 5.41 Å². The van der Waals surface area contributed by atoms with Crippen molar-refractivity contribution >= 4 is 22.8 Å². The van der Waals surface area contributed by atoms with Crippen LogP contribution >= 0.6 is 0 Å². The van der Waals surface area contributed by atoms with Crippen molar-refractivity contribution in [3.63, 3.8) is 0 Å². The van der Waals surface area contributed by atoms with E-state index in [0.717, 1.165) is 36.9 Å². The van der Waals surface area contributed by atoms with E-state index >= 15 is 0 Å². The average Bonchev–Trinajstić information content (AvgIpc) is 3.07. The van der Waals surface area contributed by atoms with Crippen LogP contribution in [0.5, 0.6) is 0 Å². The second-order valence-electron chi connectivity index (χ2n) is 7.11. The highest BCUT2D eigenvalue weighted by atomic mass is 16.5. The molecule has 23 heavy (non-hydrogen) atoms. The molecule has 0 saturated carbocycles. The quantitative estimate of drug-likeness (QED) is 0.769. The summed E-state index contributed by atoms with van der Waals surface area (Å²) in [6, 6.07) is 4.17. The zero-order valence-corrected chi connectivity index (χ0v) is 12.6. The van der Waals surface area contributed by atoms with Crippen LogP contribution < -0.4 is 10.6 Å². The fourth-order valence-electron chi connectivity index (χ4n) is 4.25.